The standard InChI is InChI=1S/C41H48O22/c1-20(42)55-18-31-37(58-22(3)44)36(51)38(59-23(4)45)40(60-31)63-41(19-57-21(2)43)39(61-33(48)13-9-24-8-11-26(46)27(14-24)52-5)35(50)30(62-41)17-56-32(47)12-10-25-15-28(53-6)34(49)29(16-25)54-7/h8-16,30-31,35-40,46,49-51H,17-19H2,1-7H3/t30-,31-,35-,36+,37-,38-,39+,40-,41+/m1/s1. The van der Waals surface area contributed by atoms with Gasteiger partial charge in [-0.25, -0.2) is 9.59 Å². The molecule has 0 spiro atoms. The summed E-state index contributed by atoms with van der Waals surface area (Å²) < 4.78 is 65.5. The summed E-state index contributed by atoms with van der Waals surface area (Å²) in [6.07, 6.45) is -10.2. The smallest absolute Gasteiger partial charge is 0.331 e. The fourth-order valence-corrected chi connectivity index (χ4v) is 6.27. The van der Waals surface area contributed by atoms with Crippen LogP contribution in [0.5, 0.6) is 28.7 Å². The Kier molecular flexibility index (Phi) is 17.2. The summed E-state index contributed by atoms with van der Waals surface area (Å²) in [6, 6.07) is 6.93. The molecule has 0 unspecified atom stereocenters. The number of phenolic OH excluding ortho intramolecular Hbond substituents is 2. The third-order valence-electron chi connectivity index (χ3n) is 9.10. The number of esters is 6. The number of rotatable bonds is 18. The van der Waals surface area contributed by atoms with Gasteiger partial charge in [0.25, 0.3) is 0 Å². The Labute approximate surface area is 359 Å². The zero-order chi connectivity index (χ0) is 46.6. The molecule has 4 N–H and O–H groups in total. The monoisotopic (exact) mass is 892 g/mol. The van der Waals surface area contributed by atoms with Crippen molar-refractivity contribution in [2.24, 2.45) is 0 Å². The number of carbonyl (C=O) groups excluding carboxylic acids is 6. The molecule has 2 aliphatic heterocycles. The third-order valence-corrected chi connectivity index (χ3v) is 9.10. The summed E-state index contributed by atoms with van der Waals surface area (Å²) in [4.78, 5) is 75.0. The van der Waals surface area contributed by atoms with Gasteiger partial charge in [0.2, 0.25) is 17.8 Å². The number of phenols is 2. The summed E-state index contributed by atoms with van der Waals surface area (Å²) in [6.45, 7) is 1.61. The van der Waals surface area contributed by atoms with Crippen molar-refractivity contribution >= 4 is 48.0 Å². The summed E-state index contributed by atoms with van der Waals surface area (Å²) in [7, 11) is 3.93. The van der Waals surface area contributed by atoms with E-state index in [1.54, 1.807) is 0 Å². The minimum atomic E-state index is -2.65. The Morgan fingerprint density at radius 3 is 1.79 bits per heavy atom. The minimum absolute atomic E-state index is 0.0391. The average molecular weight is 893 g/mol. The van der Waals surface area contributed by atoms with Gasteiger partial charge in [-0.1, -0.05) is 6.07 Å². The van der Waals surface area contributed by atoms with Crippen LogP contribution in [0.25, 0.3) is 12.2 Å². The summed E-state index contributed by atoms with van der Waals surface area (Å²) in [5, 5.41) is 43.4. The SMILES string of the molecule is COc1cc(C=CC(=O)O[C@H]2[C@H](O)[C@@H](COC(=O)C=Cc3cc(OC)c(O)c(OC)c3)O[C@@]2(COC(C)=O)O[C@H]2O[C@H](COC(C)=O)[C@@H](OC(C)=O)[C@H](O)[C@H]2OC(C)=O)ccc1O. The third kappa shape index (κ3) is 13.0. The van der Waals surface area contributed by atoms with E-state index in [-0.39, 0.29) is 28.7 Å². The molecule has 0 bridgehead atoms. The Balaban J connectivity index is 1.73. The Morgan fingerprint density at radius 1 is 0.651 bits per heavy atom. The van der Waals surface area contributed by atoms with Crippen LogP contribution in [0.3, 0.4) is 0 Å². The van der Waals surface area contributed by atoms with E-state index < -0.39 is 110 Å². The molecule has 9 atom stereocenters. The van der Waals surface area contributed by atoms with Gasteiger partial charge in [-0.3, -0.25) is 19.2 Å². The van der Waals surface area contributed by atoms with Crippen LogP contribution < -0.4 is 14.2 Å². The number of methoxy groups -OCH3 is 3. The van der Waals surface area contributed by atoms with Crippen molar-refractivity contribution in [2.75, 3.05) is 41.2 Å². The van der Waals surface area contributed by atoms with Crippen molar-refractivity contribution in [1.82, 2.24) is 0 Å². The molecule has 22 nitrogen and oxygen atoms in total. The molecule has 0 saturated carbocycles. The number of hydrogen-bond acceptors (Lipinski definition) is 22. The second-order valence-corrected chi connectivity index (χ2v) is 13.7. The summed E-state index contributed by atoms with van der Waals surface area (Å²) in [5.74, 6) is -8.76. The highest BCUT2D eigenvalue weighted by molar-refractivity contribution is 5.88. The number of aliphatic hydroxyl groups is 2. The van der Waals surface area contributed by atoms with Crippen molar-refractivity contribution in [3.8, 4) is 28.7 Å². The predicted octanol–water partition coefficient (Wildman–Crippen LogP) is 0.853. The number of carbonyl (C=O) groups is 6. The van der Waals surface area contributed by atoms with E-state index in [2.05, 4.69) is 0 Å². The normalized spacial score (nSPS) is 25.5. The van der Waals surface area contributed by atoms with Crippen molar-refractivity contribution in [1.29, 1.82) is 0 Å². The van der Waals surface area contributed by atoms with E-state index in [9.17, 15) is 49.2 Å². The van der Waals surface area contributed by atoms with E-state index in [0.717, 1.165) is 39.8 Å². The average Bonchev–Trinajstić information content (AvgIpc) is 3.48. The van der Waals surface area contributed by atoms with Crippen LogP contribution in [0.4, 0.5) is 0 Å². The molecule has 0 amide bonds. The largest absolute Gasteiger partial charge is 0.504 e. The molecule has 4 rings (SSSR count). The molecule has 0 aromatic heterocycles. The van der Waals surface area contributed by atoms with E-state index in [4.69, 9.17) is 56.8 Å². The molecule has 2 aromatic rings. The number of ether oxygens (including phenoxy) is 12. The Bertz CT molecular complexity index is 2020. The highest BCUT2D eigenvalue weighted by atomic mass is 16.8. The number of hydrogen-bond donors (Lipinski definition) is 4. The topological polar surface area (TPSA) is 294 Å². The van der Waals surface area contributed by atoms with Gasteiger partial charge < -0.3 is 77.3 Å². The summed E-state index contributed by atoms with van der Waals surface area (Å²) in [5.41, 5.74) is 0.694. The van der Waals surface area contributed by atoms with Crippen LogP contribution in [0.1, 0.15) is 38.8 Å². The number of benzene rings is 2. The Hall–Kier alpha value is -6.46. The molecular weight excluding hydrogens is 844 g/mol. The summed E-state index contributed by atoms with van der Waals surface area (Å²) >= 11 is 0. The lowest BCUT2D eigenvalue weighted by Crippen LogP contribution is -2.65. The molecule has 0 radical (unpaired) electrons. The second-order valence-electron chi connectivity index (χ2n) is 13.7. The highest BCUT2D eigenvalue weighted by Crippen LogP contribution is 2.41. The van der Waals surface area contributed by atoms with Gasteiger partial charge >= 0.3 is 35.8 Å². The predicted molar refractivity (Wildman–Crippen MR) is 209 cm³/mol. The Morgan fingerprint density at radius 2 is 1.21 bits per heavy atom. The fraction of sp³-hybridized carbons (Fsp3) is 0.463. The zero-order valence-corrected chi connectivity index (χ0v) is 35.1. The van der Waals surface area contributed by atoms with Gasteiger partial charge in [-0.05, 0) is 47.5 Å². The van der Waals surface area contributed by atoms with Crippen LogP contribution in [-0.4, -0.2) is 152 Å². The molecule has 0 aliphatic carbocycles. The van der Waals surface area contributed by atoms with Gasteiger partial charge in [0.15, 0.2) is 41.3 Å². The van der Waals surface area contributed by atoms with Crippen molar-refractivity contribution in [3.05, 3.63) is 53.6 Å². The molecule has 2 heterocycles. The van der Waals surface area contributed by atoms with E-state index in [0.29, 0.717) is 11.1 Å². The van der Waals surface area contributed by atoms with Gasteiger partial charge in [0.1, 0.15) is 44.2 Å². The highest BCUT2D eigenvalue weighted by Gasteiger charge is 2.63. The van der Waals surface area contributed by atoms with Crippen LogP contribution in [0.2, 0.25) is 0 Å². The van der Waals surface area contributed by atoms with Crippen LogP contribution in [-0.2, 0) is 71.4 Å². The molecule has 2 aliphatic rings. The van der Waals surface area contributed by atoms with Gasteiger partial charge in [0.05, 0.1) is 21.3 Å². The molecule has 344 valence electrons. The van der Waals surface area contributed by atoms with Crippen LogP contribution in [0, 0.1) is 0 Å². The zero-order valence-electron chi connectivity index (χ0n) is 35.1. The maximum absolute atomic E-state index is 13.5. The minimum Gasteiger partial charge on any atom is -0.504 e. The molecule has 63 heavy (non-hydrogen) atoms. The van der Waals surface area contributed by atoms with Crippen molar-refractivity contribution < 1.29 is 106 Å². The van der Waals surface area contributed by atoms with Crippen LogP contribution >= 0.6 is 0 Å². The lowest BCUT2D eigenvalue weighted by molar-refractivity contribution is -0.384. The van der Waals surface area contributed by atoms with Gasteiger partial charge in [-0.15, -0.1) is 0 Å². The second kappa shape index (κ2) is 22.1. The lowest BCUT2D eigenvalue weighted by atomic mass is 9.98. The fourth-order valence-electron chi connectivity index (χ4n) is 6.27. The molecule has 22 heteroatoms. The maximum Gasteiger partial charge on any atom is 0.331 e. The van der Waals surface area contributed by atoms with Crippen molar-refractivity contribution in [3.63, 3.8) is 0 Å². The van der Waals surface area contributed by atoms with Crippen LogP contribution in [0.15, 0.2) is 42.5 Å². The molecule has 2 aromatic carbocycles. The van der Waals surface area contributed by atoms with Crippen molar-refractivity contribution in [2.45, 2.75) is 82.5 Å². The molecule has 2 fully saturated rings. The first-order chi connectivity index (χ1) is 29.8. The first-order valence-corrected chi connectivity index (χ1v) is 18.8. The maximum atomic E-state index is 13.5. The van der Waals surface area contributed by atoms with E-state index in [1.165, 1.54) is 63.8 Å². The number of aliphatic hydroxyl groups excluding tert-OH is 2. The van der Waals surface area contributed by atoms with Gasteiger partial charge in [-0.2, -0.15) is 0 Å². The first-order valence-electron chi connectivity index (χ1n) is 18.8. The number of aromatic hydroxyl groups is 2. The van der Waals surface area contributed by atoms with Gasteiger partial charge in [0, 0.05) is 39.8 Å². The molecular formula is C41H48O22. The van der Waals surface area contributed by atoms with E-state index in [1.807, 2.05) is 0 Å². The first kappa shape index (κ1) is 49.2. The van der Waals surface area contributed by atoms with E-state index >= 15 is 0 Å². The quantitative estimate of drug-likeness (QED) is 0.0916. The molecule has 2 saturated heterocycles. The lowest BCUT2D eigenvalue weighted by Gasteiger charge is -2.45.